The first-order chi connectivity index (χ1) is 15.2. The lowest BCUT2D eigenvalue weighted by atomic mass is 10.0. The summed E-state index contributed by atoms with van der Waals surface area (Å²) in [4.78, 5) is 16.7. The molecule has 1 aromatic heterocycles. The number of imidazole rings is 1. The molecule has 0 saturated carbocycles. The van der Waals surface area contributed by atoms with Gasteiger partial charge in [-0.25, -0.2) is 4.98 Å². The Morgan fingerprint density at radius 1 is 1.03 bits per heavy atom. The molecule has 0 fully saturated rings. The second-order valence-corrected chi connectivity index (χ2v) is 7.56. The molecule has 0 aliphatic heterocycles. The van der Waals surface area contributed by atoms with Crippen molar-refractivity contribution >= 4 is 22.9 Å². The molecule has 164 valence electrons. The second kappa shape index (κ2) is 8.47. The lowest BCUT2D eigenvalue weighted by molar-refractivity contribution is -0.137. The van der Waals surface area contributed by atoms with Crippen LogP contribution in [0.5, 0.6) is 0 Å². The van der Waals surface area contributed by atoms with E-state index in [0.717, 1.165) is 28.8 Å². The van der Waals surface area contributed by atoms with Gasteiger partial charge in [-0.2, -0.15) is 13.2 Å². The minimum absolute atomic E-state index is 0.138. The number of nitrogens with one attached hydrogen (secondary N) is 1. The highest BCUT2D eigenvalue weighted by Crippen LogP contribution is 2.32. The van der Waals surface area contributed by atoms with Gasteiger partial charge >= 0.3 is 6.18 Å². The van der Waals surface area contributed by atoms with Crippen LogP contribution in [0.15, 0.2) is 72.8 Å². The van der Waals surface area contributed by atoms with Crippen LogP contribution in [-0.2, 0) is 24.4 Å². The van der Waals surface area contributed by atoms with Crippen LogP contribution in [-0.4, -0.2) is 21.5 Å². The first-order valence-corrected chi connectivity index (χ1v) is 9.97. The zero-order chi connectivity index (χ0) is 22.9. The van der Waals surface area contributed by atoms with Crippen molar-refractivity contribution in [2.24, 2.45) is 12.8 Å². The van der Waals surface area contributed by atoms with Gasteiger partial charge in [-0.05, 0) is 41.3 Å². The summed E-state index contributed by atoms with van der Waals surface area (Å²) in [6.45, 7) is 0. The summed E-state index contributed by atoms with van der Waals surface area (Å²) in [5.74, 6) is -0.328. The Morgan fingerprint density at radius 2 is 1.69 bits per heavy atom. The van der Waals surface area contributed by atoms with Gasteiger partial charge in [0, 0.05) is 7.05 Å². The van der Waals surface area contributed by atoms with E-state index >= 15 is 0 Å². The van der Waals surface area contributed by atoms with Crippen molar-refractivity contribution in [1.29, 1.82) is 0 Å². The van der Waals surface area contributed by atoms with Gasteiger partial charge in [0.1, 0.15) is 0 Å². The zero-order valence-electron chi connectivity index (χ0n) is 17.2. The Labute approximate surface area is 182 Å². The number of alkyl halides is 3. The molecule has 32 heavy (non-hydrogen) atoms. The average Bonchev–Trinajstić information content (AvgIpc) is 3.09. The monoisotopic (exact) mass is 438 g/mol. The van der Waals surface area contributed by atoms with E-state index in [1.165, 1.54) is 10.6 Å². The second-order valence-electron chi connectivity index (χ2n) is 7.56. The Bertz CT molecular complexity index is 1250. The van der Waals surface area contributed by atoms with E-state index in [9.17, 15) is 18.0 Å². The van der Waals surface area contributed by atoms with Gasteiger partial charge in [0.2, 0.25) is 11.9 Å². The highest BCUT2D eigenvalue weighted by molar-refractivity contribution is 5.95. The molecule has 1 atom stereocenters. The molecule has 5 nitrogen and oxygen atoms in total. The van der Waals surface area contributed by atoms with E-state index in [1.807, 2.05) is 54.6 Å². The quantitative estimate of drug-likeness (QED) is 0.472. The molecular weight excluding hydrogens is 417 g/mol. The Hall–Kier alpha value is -3.65. The summed E-state index contributed by atoms with van der Waals surface area (Å²) in [7, 11) is 1.62. The maximum Gasteiger partial charge on any atom is 0.416 e. The van der Waals surface area contributed by atoms with Gasteiger partial charge in [-0.3, -0.25) is 10.1 Å². The summed E-state index contributed by atoms with van der Waals surface area (Å²) in [6, 6.07) is 20.1. The van der Waals surface area contributed by atoms with Gasteiger partial charge in [-0.1, -0.05) is 54.6 Å². The van der Waals surface area contributed by atoms with Gasteiger partial charge in [0.05, 0.1) is 22.6 Å². The van der Waals surface area contributed by atoms with Crippen LogP contribution in [0, 0.1) is 0 Å². The van der Waals surface area contributed by atoms with Gasteiger partial charge in [0.15, 0.2) is 0 Å². The molecule has 0 bridgehead atoms. The summed E-state index contributed by atoms with van der Waals surface area (Å²) in [6.07, 6.45) is -4.16. The molecule has 1 unspecified atom stereocenters. The molecule has 0 aliphatic rings. The predicted molar refractivity (Wildman–Crippen MR) is 118 cm³/mol. The van der Waals surface area contributed by atoms with E-state index in [-0.39, 0.29) is 11.5 Å². The minimum atomic E-state index is -4.46. The van der Waals surface area contributed by atoms with E-state index in [4.69, 9.17) is 5.73 Å². The molecule has 3 N–H and O–H groups in total. The Kier molecular flexibility index (Phi) is 5.71. The van der Waals surface area contributed by atoms with Crippen LogP contribution < -0.4 is 11.1 Å². The molecule has 0 saturated heterocycles. The number of nitrogens with zero attached hydrogens (tertiary/aromatic N) is 2. The first-order valence-electron chi connectivity index (χ1n) is 9.97. The number of rotatable bonds is 5. The SMILES string of the molecule is Cn1c(NC(=O)C(N)Cc2ccc(-c3ccccc3)cc2)nc2cc(C(F)(F)F)ccc21. The molecular formula is C24H21F3N4O. The number of carbonyl (C=O) groups excluding carboxylic acids is 1. The molecule has 0 aliphatic carbocycles. The number of hydrogen-bond donors (Lipinski definition) is 2. The minimum Gasteiger partial charge on any atom is -0.320 e. The van der Waals surface area contributed by atoms with Crippen LogP contribution in [0.3, 0.4) is 0 Å². The van der Waals surface area contributed by atoms with E-state index < -0.39 is 23.7 Å². The highest BCUT2D eigenvalue weighted by Gasteiger charge is 2.31. The number of hydrogen-bond acceptors (Lipinski definition) is 3. The number of aromatic nitrogens is 2. The van der Waals surface area contributed by atoms with E-state index in [1.54, 1.807) is 7.05 Å². The topological polar surface area (TPSA) is 72.9 Å². The summed E-state index contributed by atoms with van der Waals surface area (Å²) < 4.78 is 40.4. The smallest absolute Gasteiger partial charge is 0.320 e. The molecule has 0 radical (unpaired) electrons. The summed E-state index contributed by atoms with van der Waals surface area (Å²) in [5.41, 5.74) is 8.94. The summed E-state index contributed by atoms with van der Waals surface area (Å²) >= 11 is 0. The number of amides is 1. The molecule has 8 heteroatoms. The van der Waals surface area contributed by atoms with E-state index in [0.29, 0.717) is 11.9 Å². The van der Waals surface area contributed by atoms with Gasteiger partial charge in [-0.15, -0.1) is 0 Å². The molecule has 0 spiro atoms. The average molecular weight is 438 g/mol. The van der Waals surface area contributed by atoms with Crippen molar-refractivity contribution in [2.45, 2.75) is 18.6 Å². The number of halogens is 3. The van der Waals surface area contributed by atoms with Crippen LogP contribution in [0.1, 0.15) is 11.1 Å². The third-order valence-electron chi connectivity index (χ3n) is 5.30. The fourth-order valence-electron chi connectivity index (χ4n) is 3.50. The standard InChI is InChI=1S/C24H21F3N4O/c1-31-21-12-11-18(24(25,26)27)14-20(21)29-23(31)30-22(32)19(28)13-15-7-9-17(10-8-15)16-5-3-2-4-6-16/h2-12,14,19H,13,28H2,1H3,(H,29,30,32). The van der Waals surface area contributed by atoms with Crippen LogP contribution in [0.2, 0.25) is 0 Å². The van der Waals surface area contributed by atoms with Crippen molar-refractivity contribution in [3.63, 3.8) is 0 Å². The molecule has 4 aromatic rings. The van der Waals surface area contributed by atoms with Crippen LogP contribution in [0.25, 0.3) is 22.2 Å². The number of fused-ring (bicyclic) bond motifs is 1. The Balaban J connectivity index is 1.45. The van der Waals surface area contributed by atoms with Crippen molar-refractivity contribution < 1.29 is 18.0 Å². The van der Waals surface area contributed by atoms with Crippen molar-refractivity contribution in [3.8, 4) is 11.1 Å². The van der Waals surface area contributed by atoms with Crippen molar-refractivity contribution in [1.82, 2.24) is 9.55 Å². The maximum atomic E-state index is 12.9. The van der Waals surface area contributed by atoms with Crippen molar-refractivity contribution in [2.75, 3.05) is 5.32 Å². The van der Waals surface area contributed by atoms with Crippen LogP contribution >= 0.6 is 0 Å². The zero-order valence-corrected chi connectivity index (χ0v) is 17.2. The molecule has 1 amide bonds. The maximum absolute atomic E-state index is 12.9. The molecule has 1 heterocycles. The van der Waals surface area contributed by atoms with E-state index in [2.05, 4.69) is 10.3 Å². The fraction of sp³-hybridized carbons (Fsp3) is 0.167. The number of benzene rings is 3. The number of carbonyl (C=O) groups is 1. The lowest BCUT2D eigenvalue weighted by Crippen LogP contribution is -2.38. The largest absolute Gasteiger partial charge is 0.416 e. The van der Waals surface area contributed by atoms with Crippen LogP contribution in [0.4, 0.5) is 19.1 Å². The highest BCUT2D eigenvalue weighted by atomic mass is 19.4. The number of anilines is 1. The number of nitrogens with two attached hydrogens (primary N) is 1. The lowest BCUT2D eigenvalue weighted by Gasteiger charge is -2.12. The third kappa shape index (κ3) is 4.50. The normalized spacial score (nSPS) is 12.7. The predicted octanol–water partition coefficient (Wildman–Crippen LogP) is 4.77. The first kappa shape index (κ1) is 21.6. The van der Waals surface area contributed by atoms with Crippen molar-refractivity contribution in [3.05, 3.63) is 83.9 Å². The third-order valence-corrected chi connectivity index (χ3v) is 5.30. The van der Waals surface area contributed by atoms with Gasteiger partial charge in [0.25, 0.3) is 0 Å². The fourth-order valence-corrected chi connectivity index (χ4v) is 3.50. The van der Waals surface area contributed by atoms with Gasteiger partial charge < -0.3 is 10.3 Å². The summed E-state index contributed by atoms with van der Waals surface area (Å²) in [5, 5.41) is 2.62. The Morgan fingerprint density at radius 3 is 2.34 bits per heavy atom. The molecule has 4 rings (SSSR count). The molecule has 3 aromatic carbocycles. The number of aryl methyl sites for hydroxylation is 1.